The number of carbonyl (C=O) groups is 1. The minimum Gasteiger partial charge on any atom is -0.481 e. The van der Waals surface area contributed by atoms with Crippen LogP contribution in [-0.4, -0.2) is 11.1 Å². The van der Waals surface area contributed by atoms with E-state index in [1.165, 1.54) is 22.3 Å². The summed E-state index contributed by atoms with van der Waals surface area (Å²) in [6.07, 6.45) is 0. The van der Waals surface area contributed by atoms with Crippen LogP contribution in [0.1, 0.15) is 39.3 Å². The molecule has 2 aliphatic carbocycles. The number of benzene rings is 4. The van der Waals surface area contributed by atoms with Gasteiger partial charge in [-0.25, -0.2) is 0 Å². The van der Waals surface area contributed by atoms with E-state index in [1.807, 2.05) is 36.4 Å². The van der Waals surface area contributed by atoms with E-state index in [0.717, 1.165) is 22.3 Å². The van der Waals surface area contributed by atoms with Gasteiger partial charge in [0.15, 0.2) is 0 Å². The largest absolute Gasteiger partial charge is 0.481 e. The molecule has 4 aromatic rings. The maximum atomic E-state index is 12.4. The second-order valence-corrected chi connectivity index (χ2v) is 7.79. The Hall–Kier alpha value is -3.65. The molecule has 2 heteroatoms. The van der Waals surface area contributed by atoms with Crippen LogP contribution in [0.5, 0.6) is 0 Å². The number of aliphatic carboxylic acids is 1. The quantitative estimate of drug-likeness (QED) is 0.416. The fourth-order valence-corrected chi connectivity index (χ4v) is 5.57. The molecule has 1 spiro atoms. The topological polar surface area (TPSA) is 37.3 Å². The summed E-state index contributed by atoms with van der Waals surface area (Å²) in [7, 11) is 0. The predicted molar refractivity (Wildman–Crippen MR) is 113 cm³/mol. The number of hydrogen-bond acceptors (Lipinski definition) is 1. The Kier molecular flexibility index (Phi) is 3.20. The zero-order valence-electron chi connectivity index (χ0n) is 15.7. The fraction of sp³-hybridized carbons (Fsp3) is 0.0741. The molecule has 1 N–H and O–H groups in total. The molecule has 6 rings (SSSR count). The van der Waals surface area contributed by atoms with Crippen LogP contribution in [0.2, 0.25) is 0 Å². The van der Waals surface area contributed by atoms with Crippen molar-refractivity contribution in [1.82, 2.24) is 0 Å². The molecular formula is C27H18O2. The average Bonchev–Trinajstić information content (AvgIpc) is 3.06. The monoisotopic (exact) mass is 374 g/mol. The normalized spacial score (nSPS) is 15.3. The lowest BCUT2D eigenvalue weighted by molar-refractivity contribution is -0.137. The van der Waals surface area contributed by atoms with E-state index in [1.54, 1.807) is 0 Å². The van der Waals surface area contributed by atoms with Gasteiger partial charge in [0.1, 0.15) is 5.92 Å². The van der Waals surface area contributed by atoms with Crippen molar-refractivity contribution < 1.29 is 9.90 Å². The van der Waals surface area contributed by atoms with Gasteiger partial charge in [-0.3, -0.25) is 4.79 Å². The maximum Gasteiger partial charge on any atom is 0.315 e. The van der Waals surface area contributed by atoms with Gasteiger partial charge in [0, 0.05) is 0 Å². The molecule has 2 aliphatic rings. The highest BCUT2D eigenvalue weighted by Crippen LogP contribution is 2.60. The maximum absolute atomic E-state index is 12.4. The predicted octanol–water partition coefficient (Wildman–Crippen LogP) is 5.58. The Bertz CT molecular complexity index is 1210. The van der Waals surface area contributed by atoms with Crippen molar-refractivity contribution in [1.29, 1.82) is 0 Å². The van der Waals surface area contributed by atoms with Crippen molar-refractivity contribution in [2.75, 3.05) is 0 Å². The van der Waals surface area contributed by atoms with Crippen LogP contribution in [-0.2, 0) is 10.2 Å². The summed E-state index contributed by atoms with van der Waals surface area (Å²) in [5, 5.41) is 10.2. The molecule has 0 heterocycles. The lowest BCUT2D eigenvalue weighted by Crippen LogP contribution is -2.37. The first kappa shape index (κ1) is 16.3. The van der Waals surface area contributed by atoms with Gasteiger partial charge >= 0.3 is 5.97 Å². The lowest BCUT2D eigenvalue weighted by Gasteiger charge is -2.42. The molecule has 0 bridgehead atoms. The molecular weight excluding hydrogens is 356 g/mol. The molecule has 0 saturated heterocycles. The third kappa shape index (κ3) is 1.88. The Morgan fingerprint density at radius 3 is 1.41 bits per heavy atom. The van der Waals surface area contributed by atoms with Crippen LogP contribution in [0, 0.1) is 0 Å². The molecule has 4 aromatic carbocycles. The van der Waals surface area contributed by atoms with Gasteiger partial charge in [0.2, 0.25) is 0 Å². The molecule has 0 unspecified atom stereocenters. The van der Waals surface area contributed by atoms with Gasteiger partial charge < -0.3 is 5.11 Å². The lowest BCUT2D eigenvalue weighted by atomic mass is 9.59. The molecule has 0 saturated carbocycles. The van der Waals surface area contributed by atoms with Crippen LogP contribution < -0.4 is 0 Å². The molecule has 0 radical (unpaired) electrons. The van der Waals surface area contributed by atoms with Gasteiger partial charge in [-0.2, -0.15) is 0 Å². The van der Waals surface area contributed by atoms with Gasteiger partial charge in [-0.05, 0) is 44.5 Å². The van der Waals surface area contributed by atoms with Crippen LogP contribution in [0.15, 0.2) is 97.1 Å². The Labute approximate surface area is 169 Å². The third-order valence-electron chi connectivity index (χ3n) is 6.55. The van der Waals surface area contributed by atoms with Crippen molar-refractivity contribution in [3.05, 3.63) is 130 Å². The van der Waals surface area contributed by atoms with E-state index >= 15 is 0 Å². The van der Waals surface area contributed by atoms with Crippen molar-refractivity contribution >= 4 is 5.97 Å². The third-order valence-corrected chi connectivity index (χ3v) is 6.55. The first-order chi connectivity index (χ1) is 14.2. The number of rotatable bonds is 1. The first-order valence-electron chi connectivity index (χ1n) is 9.85. The molecule has 0 aliphatic heterocycles. The molecule has 138 valence electrons. The average molecular weight is 374 g/mol. The highest BCUT2D eigenvalue weighted by Gasteiger charge is 2.52. The molecule has 0 aromatic heterocycles. The molecule has 0 fully saturated rings. The van der Waals surface area contributed by atoms with Gasteiger partial charge in [-0.15, -0.1) is 0 Å². The van der Waals surface area contributed by atoms with Crippen LogP contribution in [0.4, 0.5) is 0 Å². The van der Waals surface area contributed by atoms with E-state index < -0.39 is 17.3 Å². The van der Waals surface area contributed by atoms with Crippen LogP contribution >= 0.6 is 0 Å². The number of hydrogen-bond donors (Lipinski definition) is 1. The van der Waals surface area contributed by atoms with Crippen molar-refractivity contribution in [2.24, 2.45) is 0 Å². The zero-order valence-corrected chi connectivity index (χ0v) is 15.7. The fourth-order valence-electron chi connectivity index (χ4n) is 5.57. The molecule has 0 amide bonds. The van der Waals surface area contributed by atoms with Crippen molar-refractivity contribution in [3.8, 4) is 11.1 Å². The number of carboxylic acid groups (broad SMARTS) is 1. The summed E-state index contributed by atoms with van der Waals surface area (Å²) in [6.45, 7) is 0. The molecule has 2 nitrogen and oxygen atoms in total. The standard InChI is InChI=1S/C27H18O2/c28-26(29)25-19-11-3-7-15-23(19)27(24-16-8-4-12-20(24)25)21-13-5-1-9-17(21)18-10-2-6-14-22(18)27/h1-16,25H,(H,28,29). The molecule has 0 atom stereocenters. The summed E-state index contributed by atoms with van der Waals surface area (Å²) >= 11 is 0. The van der Waals surface area contributed by atoms with Crippen molar-refractivity contribution in [2.45, 2.75) is 11.3 Å². The molecule has 29 heavy (non-hydrogen) atoms. The summed E-state index contributed by atoms with van der Waals surface area (Å²) in [5.41, 5.74) is 8.31. The minimum absolute atomic E-state index is 0.494. The highest BCUT2D eigenvalue weighted by atomic mass is 16.4. The Balaban J connectivity index is 1.86. The van der Waals surface area contributed by atoms with E-state index in [9.17, 15) is 9.90 Å². The highest BCUT2D eigenvalue weighted by molar-refractivity contribution is 5.91. The number of carboxylic acids is 1. The van der Waals surface area contributed by atoms with Crippen LogP contribution in [0.3, 0.4) is 0 Å². The second kappa shape index (κ2) is 5.68. The van der Waals surface area contributed by atoms with Gasteiger partial charge in [0.25, 0.3) is 0 Å². The van der Waals surface area contributed by atoms with Gasteiger partial charge in [0.05, 0.1) is 5.41 Å². The zero-order chi connectivity index (χ0) is 19.6. The first-order valence-corrected chi connectivity index (χ1v) is 9.85. The Morgan fingerprint density at radius 1 is 0.586 bits per heavy atom. The summed E-state index contributed by atoms with van der Waals surface area (Å²) in [6, 6.07) is 33.2. The smallest absolute Gasteiger partial charge is 0.315 e. The Morgan fingerprint density at radius 2 is 0.966 bits per heavy atom. The summed E-state index contributed by atoms with van der Waals surface area (Å²) in [5.74, 6) is -1.47. The van der Waals surface area contributed by atoms with E-state index in [4.69, 9.17) is 0 Å². The summed E-state index contributed by atoms with van der Waals surface area (Å²) in [4.78, 5) is 12.4. The summed E-state index contributed by atoms with van der Waals surface area (Å²) < 4.78 is 0. The van der Waals surface area contributed by atoms with E-state index in [-0.39, 0.29) is 0 Å². The van der Waals surface area contributed by atoms with E-state index in [2.05, 4.69) is 60.7 Å². The minimum atomic E-state index is -0.806. The van der Waals surface area contributed by atoms with Crippen LogP contribution in [0.25, 0.3) is 11.1 Å². The van der Waals surface area contributed by atoms with E-state index in [0.29, 0.717) is 0 Å². The second-order valence-electron chi connectivity index (χ2n) is 7.79. The number of fused-ring (bicyclic) bond motifs is 9. The SMILES string of the molecule is O=C(O)C1c2ccccc2C2(c3ccccc3-c3ccccc32)c2ccccc21. The van der Waals surface area contributed by atoms with Gasteiger partial charge in [-0.1, -0.05) is 97.1 Å². The van der Waals surface area contributed by atoms with Crippen molar-refractivity contribution in [3.63, 3.8) is 0 Å².